The van der Waals surface area contributed by atoms with Gasteiger partial charge in [-0.15, -0.1) is 11.3 Å². The van der Waals surface area contributed by atoms with Crippen molar-refractivity contribution < 1.29 is 0 Å². The number of nitrogens with zero attached hydrogens (tertiary/aromatic N) is 2. The number of thiophene rings is 1. The Kier molecular flexibility index (Phi) is 7.13. The molecule has 3 aromatic heterocycles. The van der Waals surface area contributed by atoms with Crippen LogP contribution < -0.4 is 0 Å². The van der Waals surface area contributed by atoms with Gasteiger partial charge in [-0.3, -0.25) is 0 Å². The summed E-state index contributed by atoms with van der Waals surface area (Å²) in [7, 11) is 0. The van der Waals surface area contributed by atoms with Gasteiger partial charge in [-0.2, -0.15) is 0 Å². The molecule has 0 saturated carbocycles. The van der Waals surface area contributed by atoms with Crippen LogP contribution in [0.3, 0.4) is 0 Å². The van der Waals surface area contributed by atoms with Gasteiger partial charge in [0.1, 0.15) is 0 Å². The number of para-hydroxylation sites is 2. The average molecular weight is 743 g/mol. The molecule has 0 saturated heterocycles. The zero-order chi connectivity index (χ0) is 37.5. The Bertz CT molecular complexity index is 3510. The van der Waals surface area contributed by atoms with E-state index in [2.05, 4.69) is 215 Å². The maximum absolute atomic E-state index is 2.48. The minimum Gasteiger partial charge on any atom is -0.309 e. The summed E-state index contributed by atoms with van der Waals surface area (Å²) in [5.41, 5.74) is 14.6. The molecule has 57 heavy (non-hydrogen) atoms. The third kappa shape index (κ3) is 5.03. The maximum atomic E-state index is 2.48. The highest BCUT2D eigenvalue weighted by molar-refractivity contribution is 7.26. The summed E-state index contributed by atoms with van der Waals surface area (Å²) in [5, 5.41) is 7.63. The Morgan fingerprint density at radius 1 is 0.281 bits per heavy atom. The van der Waals surface area contributed by atoms with Crippen LogP contribution in [0.5, 0.6) is 0 Å². The highest BCUT2D eigenvalue weighted by atomic mass is 32.1. The molecule has 3 heterocycles. The maximum Gasteiger partial charge on any atom is 0.0640 e. The van der Waals surface area contributed by atoms with Crippen LogP contribution in [0.2, 0.25) is 0 Å². The van der Waals surface area contributed by atoms with Crippen molar-refractivity contribution in [1.82, 2.24) is 9.13 Å². The van der Waals surface area contributed by atoms with Crippen LogP contribution in [0.25, 0.3) is 109 Å². The Hall–Kier alpha value is -7.20. The Morgan fingerprint density at radius 3 is 1.46 bits per heavy atom. The minimum atomic E-state index is 1.16. The molecule has 266 valence electrons. The van der Waals surface area contributed by atoms with Gasteiger partial charge in [-0.05, 0) is 94.0 Å². The first kappa shape index (κ1) is 32.1. The summed E-state index contributed by atoms with van der Waals surface area (Å²) in [6.07, 6.45) is 0. The lowest BCUT2D eigenvalue weighted by Crippen LogP contribution is -1.94. The third-order valence-corrected chi connectivity index (χ3v) is 12.9. The van der Waals surface area contributed by atoms with Crippen LogP contribution >= 0.6 is 11.3 Å². The van der Waals surface area contributed by atoms with Gasteiger partial charge < -0.3 is 9.13 Å². The van der Waals surface area contributed by atoms with E-state index in [1.165, 1.54) is 103 Å². The number of hydrogen-bond donors (Lipinski definition) is 0. The van der Waals surface area contributed by atoms with Gasteiger partial charge in [0.15, 0.2) is 0 Å². The molecule has 0 bridgehead atoms. The van der Waals surface area contributed by atoms with E-state index < -0.39 is 0 Å². The van der Waals surface area contributed by atoms with Gasteiger partial charge in [-0.1, -0.05) is 146 Å². The van der Waals surface area contributed by atoms with Crippen molar-refractivity contribution in [2.75, 3.05) is 0 Å². The van der Waals surface area contributed by atoms with Crippen molar-refractivity contribution in [3.63, 3.8) is 0 Å². The molecule has 0 aliphatic rings. The molecule has 2 nitrogen and oxygen atoms in total. The fourth-order valence-corrected chi connectivity index (χ4v) is 10.3. The second-order valence-corrected chi connectivity index (χ2v) is 16.0. The Balaban J connectivity index is 1.01. The van der Waals surface area contributed by atoms with Crippen molar-refractivity contribution >= 4 is 75.1 Å². The SMILES string of the molecule is c1ccc(-c2cccc(-n3c4ccccc4c4cc(-c5ccc6c(c5)c5ccccc5n6-c5cccc6c5sc5cc(-c7ccccc7)ccc56)ccc43)c2)cc1. The Morgan fingerprint density at radius 2 is 0.772 bits per heavy atom. The van der Waals surface area contributed by atoms with Crippen molar-refractivity contribution in [1.29, 1.82) is 0 Å². The molecule has 0 amide bonds. The Labute approximate surface area is 333 Å². The predicted octanol–water partition coefficient (Wildman–Crippen LogP) is 15.2. The fourth-order valence-electron chi connectivity index (χ4n) is 9.07. The first-order valence-corrected chi connectivity index (χ1v) is 20.3. The molecule has 3 heteroatoms. The first-order chi connectivity index (χ1) is 28.3. The summed E-state index contributed by atoms with van der Waals surface area (Å²) in [6.45, 7) is 0. The molecule has 0 radical (unpaired) electrons. The fraction of sp³-hybridized carbons (Fsp3) is 0. The lowest BCUT2D eigenvalue weighted by atomic mass is 10.0. The molecule has 9 aromatic carbocycles. The van der Waals surface area contributed by atoms with Crippen molar-refractivity contribution in [3.8, 4) is 44.8 Å². The summed E-state index contributed by atoms with van der Waals surface area (Å²) in [4.78, 5) is 0. The van der Waals surface area contributed by atoms with Gasteiger partial charge in [0.2, 0.25) is 0 Å². The van der Waals surface area contributed by atoms with E-state index in [1.807, 2.05) is 11.3 Å². The molecule has 12 aromatic rings. The number of fused-ring (bicyclic) bond motifs is 9. The lowest BCUT2D eigenvalue weighted by molar-refractivity contribution is 1.18. The topological polar surface area (TPSA) is 9.86 Å². The summed E-state index contributed by atoms with van der Waals surface area (Å²) < 4.78 is 7.50. The molecule has 0 N–H and O–H groups in total. The number of benzene rings is 9. The van der Waals surface area contributed by atoms with Gasteiger partial charge in [-0.25, -0.2) is 0 Å². The summed E-state index contributed by atoms with van der Waals surface area (Å²) >= 11 is 1.89. The normalized spacial score (nSPS) is 11.9. The van der Waals surface area contributed by atoms with E-state index >= 15 is 0 Å². The highest BCUT2D eigenvalue weighted by Crippen LogP contribution is 2.43. The molecule has 0 unspecified atom stereocenters. The molecule has 0 aliphatic carbocycles. The zero-order valence-electron chi connectivity index (χ0n) is 30.9. The minimum absolute atomic E-state index is 1.16. The first-order valence-electron chi connectivity index (χ1n) is 19.5. The molecule has 0 fully saturated rings. The van der Waals surface area contributed by atoms with Crippen LogP contribution in [-0.2, 0) is 0 Å². The number of rotatable bonds is 5. The lowest BCUT2D eigenvalue weighted by Gasteiger charge is -2.11. The van der Waals surface area contributed by atoms with Crippen LogP contribution in [0.1, 0.15) is 0 Å². The molecule has 0 atom stereocenters. The van der Waals surface area contributed by atoms with E-state index in [0.717, 1.165) is 5.69 Å². The van der Waals surface area contributed by atoms with E-state index in [0.29, 0.717) is 0 Å². The molecule has 0 spiro atoms. The van der Waals surface area contributed by atoms with Gasteiger partial charge >= 0.3 is 0 Å². The van der Waals surface area contributed by atoms with Gasteiger partial charge in [0, 0.05) is 42.7 Å². The van der Waals surface area contributed by atoms with Crippen LogP contribution in [-0.4, -0.2) is 9.13 Å². The van der Waals surface area contributed by atoms with Crippen LogP contribution in [0, 0.1) is 0 Å². The quantitative estimate of drug-likeness (QED) is 0.166. The standard InChI is InChI=1S/C54H34N2S/c1-3-13-35(14-4-1)37-17-11-18-41(31-37)55-48-22-9-7-19-42(48)46-32-38(26-29-50(46)55)39-27-30-51-47(33-39)43-20-8-10-23-49(43)56(51)52-24-12-21-45-44-28-25-40(34-53(44)57-54(45)52)36-15-5-2-6-16-36/h1-34H. The van der Waals surface area contributed by atoms with E-state index in [4.69, 9.17) is 0 Å². The van der Waals surface area contributed by atoms with Gasteiger partial charge in [0.05, 0.1) is 32.5 Å². The number of hydrogen-bond acceptors (Lipinski definition) is 1. The van der Waals surface area contributed by atoms with E-state index in [-0.39, 0.29) is 0 Å². The monoisotopic (exact) mass is 742 g/mol. The van der Waals surface area contributed by atoms with E-state index in [1.54, 1.807) is 0 Å². The average Bonchev–Trinajstić information content (AvgIpc) is 3.94. The second kappa shape index (κ2) is 12.7. The second-order valence-electron chi connectivity index (χ2n) is 14.9. The van der Waals surface area contributed by atoms with Crippen molar-refractivity contribution in [2.24, 2.45) is 0 Å². The largest absolute Gasteiger partial charge is 0.309 e. The highest BCUT2D eigenvalue weighted by Gasteiger charge is 2.19. The van der Waals surface area contributed by atoms with Gasteiger partial charge in [0.25, 0.3) is 0 Å². The molecular formula is C54H34N2S. The van der Waals surface area contributed by atoms with Crippen molar-refractivity contribution in [3.05, 3.63) is 206 Å². The predicted molar refractivity (Wildman–Crippen MR) is 244 cm³/mol. The summed E-state index contributed by atoms with van der Waals surface area (Å²) in [6, 6.07) is 75.6. The smallest absolute Gasteiger partial charge is 0.0640 e. The van der Waals surface area contributed by atoms with Crippen molar-refractivity contribution in [2.45, 2.75) is 0 Å². The van der Waals surface area contributed by atoms with Crippen LogP contribution in [0.4, 0.5) is 0 Å². The zero-order valence-corrected chi connectivity index (χ0v) is 31.7. The van der Waals surface area contributed by atoms with Crippen LogP contribution in [0.15, 0.2) is 206 Å². The third-order valence-electron chi connectivity index (χ3n) is 11.7. The van der Waals surface area contributed by atoms with E-state index in [9.17, 15) is 0 Å². The summed E-state index contributed by atoms with van der Waals surface area (Å²) in [5.74, 6) is 0. The molecule has 0 aliphatic heterocycles. The molecule has 12 rings (SSSR count). The number of aromatic nitrogens is 2. The molecular weight excluding hydrogens is 709 g/mol.